The van der Waals surface area contributed by atoms with Crippen molar-refractivity contribution in [3.63, 3.8) is 0 Å². The highest BCUT2D eigenvalue weighted by Gasteiger charge is 2.22. The Kier molecular flexibility index (Phi) is 10.2. The van der Waals surface area contributed by atoms with E-state index >= 15 is 0 Å². The normalized spacial score (nSPS) is 22.1. The van der Waals surface area contributed by atoms with Crippen molar-refractivity contribution in [2.24, 2.45) is 0 Å². The average Bonchev–Trinajstić information content (AvgIpc) is 2.43. The molecule has 1 N–H and O–H groups in total. The first-order valence-corrected chi connectivity index (χ1v) is 7.80. The average molecular weight is 289 g/mol. The molecule has 0 bridgehead atoms. The molecule has 0 aromatic carbocycles. The molecule has 1 rings (SSSR count). The molecule has 1 aliphatic rings. The van der Waals surface area contributed by atoms with Crippen molar-refractivity contribution in [1.29, 1.82) is 0 Å². The topological polar surface area (TPSA) is 51.2 Å². The molecule has 0 amide bonds. The smallest absolute Gasteiger partial charge is 0.0701 e. The van der Waals surface area contributed by atoms with Crippen LogP contribution in [0.2, 0.25) is 0 Å². The van der Waals surface area contributed by atoms with Crippen molar-refractivity contribution in [2.45, 2.75) is 44.8 Å². The number of hydrogen-bond donors (Lipinski definition) is 1. The summed E-state index contributed by atoms with van der Waals surface area (Å²) >= 11 is 0. The van der Waals surface area contributed by atoms with Crippen LogP contribution in [0, 0.1) is 0 Å². The Morgan fingerprint density at radius 2 is 1.80 bits per heavy atom. The Morgan fingerprint density at radius 1 is 1.10 bits per heavy atom. The molecule has 5 heteroatoms. The third-order valence-corrected chi connectivity index (χ3v) is 3.69. The maximum atomic E-state index is 9.55. The lowest BCUT2D eigenvalue weighted by Gasteiger charge is -2.36. The third kappa shape index (κ3) is 8.17. The van der Waals surface area contributed by atoms with Crippen molar-refractivity contribution in [3.05, 3.63) is 0 Å². The lowest BCUT2D eigenvalue weighted by Crippen LogP contribution is -2.42. The Labute approximate surface area is 123 Å². The Bertz CT molecular complexity index is 226. The molecular formula is C15H31NO4. The predicted molar refractivity (Wildman–Crippen MR) is 79.0 cm³/mol. The van der Waals surface area contributed by atoms with Crippen LogP contribution >= 0.6 is 0 Å². The molecule has 0 aromatic heterocycles. The first-order valence-electron chi connectivity index (χ1n) is 7.80. The standard InChI is InChI=1S/C15H31NO4/c1-14(17)13-15-5-3-4-6-16(15)7-8-19-11-12-20-10-9-18-2/h14-15,17H,3-13H2,1-2H3. The molecule has 120 valence electrons. The second-order valence-corrected chi connectivity index (χ2v) is 5.49. The Hall–Kier alpha value is -0.200. The first kappa shape index (κ1) is 17.9. The molecule has 0 saturated carbocycles. The number of aliphatic hydroxyl groups excluding tert-OH is 1. The molecule has 5 nitrogen and oxygen atoms in total. The fourth-order valence-electron chi connectivity index (χ4n) is 2.66. The molecule has 1 saturated heterocycles. The fraction of sp³-hybridized carbons (Fsp3) is 1.00. The van der Waals surface area contributed by atoms with Crippen molar-refractivity contribution in [2.75, 3.05) is 53.2 Å². The summed E-state index contributed by atoms with van der Waals surface area (Å²) in [6.45, 7) is 7.22. The highest BCUT2D eigenvalue weighted by atomic mass is 16.5. The van der Waals surface area contributed by atoms with E-state index in [-0.39, 0.29) is 6.10 Å². The van der Waals surface area contributed by atoms with Gasteiger partial charge in [0.15, 0.2) is 0 Å². The quantitative estimate of drug-likeness (QED) is 0.581. The van der Waals surface area contributed by atoms with Gasteiger partial charge >= 0.3 is 0 Å². The molecule has 0 radical (unpaired) electrons. The van der Waals surface area contributed by atoms with E-state index in [1.165, 1.54) is 19.3 Å². The van der Waals surface area contributed by atoms with Crippen LogP contribution in [-0.2, 0) is 14.2 Å². The van der Waals surface area contributed by atoms with Gasteiger partial charge in [-0.2, -0.15) is 0 Å². The second kappa shape index (κ2) is 11.5. The first-order chi connectivity index (χ1) is 9.74. The molecule has 1 fully saturated rings. The van der Waals surface area contributed by atoms with E-state index in [1.54, 1.807) is 7.11 Å². The van der Waals surface area contributed by atoms with E-state index in [0.717, 1.165) is 26.1 Å². The SMILES string of the molecule is COCCOCCOCCN1CCCCC1CC(C)O. The van der Waals surface area contributed by atoms with Gasteiger partial charge in [0, 0.05) is 19.7 Å². The zero-order valence-corrected chi connectivity index (χ0v) is 13.1. The zero-order chi connectivity index (χ0) is 14.6. The highest BCUT2D eigenvalue weighted by Crippen LogP contribution is 2.20. The lowest BCUT2D eigenvalue weighted by molar-refractivity contribution is 0.00999. The van der Waals surface area contributed by atoms with E-state index in [2.05, 4.69) is 4.90 Å². The van der Waals surface area contributed by atoms with Gasteiger partial charge in [-0.15, -0.1) is 0 Å². The second-order valence-electron chi connectivity index (χ2n) is 5.49. The number of rotatable bonds is 11. The van der Waals surface area contributed by atoms with E-state index < -0.39 is 0 Å². The van der Waals surface area contributed by atoms with Crippen LogP contribution in [0.4, 0.5) is 0 Å². The minimum Gasteiger partial charge on any atom is -0.393 e. The van der Waals surface area contributed by atoms with Gasteiger partial charge in [0.05, 0.1) is 39.1 Å². The Balaban J connectivity index is 2.03. The van der Waals surface area contributed by atoms with Gasteiger partial charge in [0.2, 0.25) is 0 Å². The predicted octanol–water partition coefficient (Wildman–Crippen LogP) is 1.29. The molecule has 1 heterocycles. The van der Waals surface area contributed by atoms with Crippen molar-refractivity contribution in [1.82, 2.24) is 4.90 Å². The molecule has 0 aromatic rings. The maximum Gasteiger partial charge on any atom is 0.0701 e. The van der Waals surface area contributed by atoms with Crippen LogP contribution in [-0.4, -0.2) is 75.4 Å². The molecule has 2 unspecified atom stereocenters. The highest BCUT2D eigenvalue weighted by molar-refractivity contribution is 4.78. The van der Waals surface area contributed by atoms with Crippen LogP contribution in [0.25, 0.3) is 0 Å². The number of aliphatic hydroxyl groups is 1. The minimum atomic E-state index is -0.212. The van der Waals surface area contributed by atoms with Gasteiger partial charge in [-0.05, 0) is 32.7 Å². The van der Waals surface area contributed by atoms with Gasteiger partial charge in [-0.3, -0.25) is 4.90 Å². The van der Waals surface area contributed by atoms with Gasteiger partial charge in [-0.25, -0.2) is 0 Å². The molecule has 20 heavy (non-hydrogen) atoms. The summed E-state index contributed by atoms with van der Waals surface area (Å²) in [5.41, 5.74) is 0. The lowest BCUT2D eigenvalue weighted by atomic mass is 9.97. The number of likely N-dealkylation sites (tertiary alicyclic amines) is 1. The molecule has 0 spiro atoms. The van der Waals surface area contributed by atoms with Crippen LogP contribution in [0.5, 0.6) is 0 Å². The summed E-state index contributed by atoms with van der Waals surface area (Å²) in [6, 6.07) is 0.519. The van der Waals surface area contributed by atoms with Crippen LogP contribution in [0.15, 0.2) is 0 Å². The monoisotopic (exact) mass is 289 g/mol. The number of ether oxygens (including phenoxy) is 3. The van der Waals surface area contributed by atoms with E-state index in [4.69, 9.17) is 14.2 Å². The van der Waals surface area contributed by atoms with E-state index in [9.17, 15) is 5.11 Å². The number of hydrogen-bond acceptors (Lipinski definition) is 5. The maximum absolute atomic E-state index is 9.55. The van der Waals surface area contributed by atoms with E-state index in [0.29, 0.717) is 32.5 Å². The van der Waals surface area contributed by atoms with Crippen LogP contribution in [0.3, 0.4) is 0 Å². The van der Waals surface area contributed by atoms with Crippen molar-refractivity contribution in [3.8, 4) is 0 Å². The van der Waals surface area contributed by atoms with Gasteiger partial charge < -0.3 is 19.3 Å². The van der Waals surface area contributed by atoms with Gasteiger partial charge in [0.25, 0.3) is 0 Å². The van der Waals surface area contributed by atoms with Crippen LogP contribution < -0.4 is 0 Å². The van der Waals surface area contributed by atoms with Crippen LogP contribution in [0.1, 0.15) is 32.6 Å². The number of methoxy groups -OCH3 is 1. The zero-order valence-electron chi connectivity index (χ0n) is 13.1. The molecular weight excluding hydrogens is 258 g/mol. The Morgan fingerprint density at radius 3 is 2.50 bits per heavy atom. The minimum absolute atomic E-state index is 0.212. The van der Waals surface area contributed by atoms with Gasteiger partial charge in [-0.1, -0.05) is 6.42 Å². The largest absolute Gasteiger partial charge is 0.393 e. The van der Waals surface area contributed by atoms with Gasteiger partial charge in [0.1, 0.15) is 0 Å². The summed E-state index contributed by atoms with van der Waals surface area (Å²) < 4.78 is 15.8. The molecule has 0 aliphatic carbocycles. The summed E-state index contributed by atoms with van der Waals surface area (Å²) in [5.74, 6) is 0. The number of nitrogens with zero attached hydrogens (tertiary/aromatic N) is 1. The third-order valence-electron chi connectivity index (χ3n) is 3.69. The summed E-state index contributed by atoms with van der Waals surface area (Å²) in [6.07, 6.45) is 4.40. The van der Waals surface area contributed by atoms with Crippen molar-refractivity contribution < 1.29 is 19.3 Å². The molecule has 2 atom stereocenters. The summed E-state index contributed by atoms with van der Waals surface area (Å²) in [7, 11) is 1.67. The van der Waals surface area contributed by atoms with Crippen molar-refractivity contribution >= 4 is 0 Å². The molecule has 1 aliphatic heterocycles. The number of piperidine rings is 1. The van der Waals surface area contributed by atoms with E-state index in [1.807, 2.05) is 6.92 Å². The summed E-state index contributed by atoms with van der Waals surface area (Å²) in [5, 5.41) is 9.55. The fourth-order valence-corrected chi connectivity index (χ4v) is 2.66. The summed E-state index contributed by atoms with van der Waals surface area (Å²) in [4.78, 5) is 2.46.